The van der Waals surface area contributed by atoms with Crippen molar-refractivity contribution in [1.29, 1.82) is 0 Å². The molecule has 2 aliphatic rings. The van der Waals surface area contributed by atoms with E-state index < -0.39 is 0 Å². The highest BCUT2D eigenvalue weighted by molar-refractivity contribution is 6.21. The van der Waals surface area contributed by atoms with E-state index in [0.717, 1.165) is 25.7 Å². The fourth-order valence-electron chi connectivity index (χ4n) is 3.43. The average molecular weight is 344 g/mol. The van der Waals surface area contributed by atoms with E-state index in [-0.39, 0.29) is 29.7 Å². The molecule has 0 aliphatic carbocycles. The Balaban J connectivity index is 1.75. The molecule has 0 bridgehead atoms. The second-order valence-corrected chi connectivity index (χ2v) is 6.62. The molecule has 1 N–H and O–H groups in total. The molecule has 1 aromatic rings. The molecule has 0 spiro atoms. The van der Waals surface area contributed by atoms with E-state index in [1.807, 2.05) is 13.8 Å². The number of carbonyl (C=O) groups excluding carboxylic acids is 3. The predicted molar refractivity (Wildman–Crippen MR) is 93.5 cm³/mol. The summed E-state index contributed by atoms with van der Waals surface area (Å²) in [6, 6.07) is 4.90. The first-order valence-electron chi connectivity index (χ1n) is 8.97. The van der Waals surface area contributed by atoms with Gasteiger partial charge in [0.25, 0.3) is 11.8 Å². The summed E-state index contributed by atoms with van der Waals surface area (Å²) in [5.74, 6) is -0.706. The summed E-state index contributed by atoms with van der Waals surface area (Å²) >= 11 is 0. The van der Waals surface area contributed by atoms with Gasteiger partial charge < -0.3 is 10.1 Å². The highest BCUT2D eigenvalue weighted by Gasteiger charge is 2.37. The van der Waals surface area contributed by atoms with Gasteiger partial charge in [0, 0.05) is 18.2 Å². The summed E-state index contributed by atoms with van der Waals surface area (Å²) in [5, 5.41) is 2.85. The molecule has 1 saturated heterocycles. The minimum absolute atomic E-state index is 0.0541. The van der Waals surface area contributed by atoms with Crippen LogP contribution in [-0.4, -0.2) is 41.9 Å². The molecule has 3 amide bonds. The van der Waals surface area contributed by atoms with Crippen LogP contribution in [-0.2, 0) is 9.53 Å². The third-order valence-electron chi connectivity index (χ3n) is 5.00. The van der Waals surface area contributed by atoms with Gasteiger partial charge in [0.2, 0.25) is 5.91 Å². The van der Waals surface area contributed by atoms with Crippen molar-refractivity contribution >= 4 is 23.4 Å². The molecular formula is C19H24N2O4. The molecule has 1 atom stereocenters. The molecule has 1 unspecified atom stereocenters. The Hall–Kier alpha value is -2.21. The largest absolute Gasteiger partial charge is 0.376 e. The van der Waals surface area contributed by atoms with Gasteiger partial charge in [0.15, 0.2) is 0 Å². The predicted octanol–water partition coefficient (Wildman–Crippen LogP) is 2.84. The number of benzene rings is 1. The summed E-state index contributed by atoms with van der Waals surface area (Å²) in [6.45, 7) is 4.92. The quantitative estimate of drug-likeness (QED) is 0.805. The van der Waals surface area contributed by atoms with Gasteiger partial charge in [-0.15, -0.1) is 0 Å². The van der Waals surface area contributed by atoms with Gasteiger partial charge in [-0.25, -0.2) is 0 Å². The number of hydrogen-bond acceptors (Lipinski definition) is 4. The SMILES string of the molecule is CCC(CC)C(=O)Nc1ccc2c(c1)C(=O)N(CC1CCCO1)C2=O. The fourth-order valence-corrected chi connectivity index (χ4v) is 3.43. The lowest BCUT2D eigenvalue weighted by molar-refractivity contribution is -0.120. The molecule has 0 radical (unpaired) electrons. The molecule has 0 saturated carbocycles. The Bertz CT molecular complexity index is 691. The zero-order valence-corrected chi connectivity index (χ0v) is 14.7. The Morgan fingerprint density at radius 1 is 1.24 bits per heavy atom. The normalized spacial score (nSPS) is 19.6. The molecule has 25 heavy (non-hydrogen) atoms. The molecule has 2 aliphatic heterocycles. The highest BCUT2D eigenvalue weighted by atomic mass is 16.5. The molecule has 0 aromatic heterocycles. The number of ether oxygens (including phenoxy) is 1. The summed E-state index contributed by atoms with van der Waals surface area (Å²) in [5.41, 5.74) is 1.30. The van der Waals surface area contributed by atoms with E-state index in [1.165, 1.54) is 4.90 Å². The number of nitrogens with zero attached hydrogens (tertiary/aromatic N) is 1. The van der Waals surface area contributed by atoms with Crippen LogP contribution >= 0.6 is 0 Å². The molecule has 2 heterocycles. The van der Waals surface area contributed by atoms with Crippen molar-refractivity contribution in [3.8, 4) is 0 Å². The van der Waals surface area contributed by atoms with E-state index in [2.05, 4.69) is 5.32 Å². The standard InChI is InChI=1S/C19H24N2O4/c1-3-12(4-2)17(22)20-13-7-8-15-16(10-13)19(24)21(18(15)23)11-14-6-5-9-25-14/h7-8,10,12,14H,3-6,9,11H2,1-2H3,(H,20,22). The number of nitrogens with one attached hydrogen (secondary N) is 1. The van der Waals surface area contributed by atoms with Crippen molar-refractivity contribution < 1.29 is 19.1 Å². The van der Waals surface area contributed by atoms with Crippen molar-refractivity contribution in [2.24, 2.45) is 5.92 Å². The van der Waals surface area contributed by atoms with Gasteiger partial charge in [-0.05, 0) is 43.9 Å². The van der Waals surface area contributed by atoms with Crippen LogP contribution in [0.3, 0.4) is 0 Å². The molecule has 3 rings (SSSR count). The monoisotopic (exact) mass is 344 g/mol. The first kappa shape index (κ1) is 17.6. The van der Waals surface area contributed by atoms with Crippen molar-refractivity contribution in [2.45, 2.75) is 45.6 Å². The van der Waals surface area contributed by atoms with E-state index in [1.54, 1.807) is 18.2 Å². The molecule has 1 fully saturated rings. The van der Waals surface area contributed by atoms with Crippen LogP contribution in [0.4, 0.5) is 5.69 Å². The molecule has 1 aromatic carbocycles. The summed E-state index contributed by atoms with van der Waals surface area (Å²) in [7, 11) is 0. The second kappa shape index (κ2) is 7.35. The Labute approximate surface area is 147 Å². The molecular weight excluding hydrogens is 320 g/mol. The smallest absolute Gasteiger partial charge is 0.261 e. The first-order valence-corrected chi connectivity index (χ1v) is 8.97. The Morgan fingerprint density at radius 2 is 1.96 bits per heavy atom. The third-order valence-corrected chi connectivity index (χ3v) is 5.00. The minimum atomic E-state index is -0.311. The van der Waals surface area contributed by atoms with E-state index in [0.29, 0.717) is 30.0 Å². The number of anilines is 1. The molecule has 6 nitrogen and oxygen atoms in total. The average Bonchev–Trinajstić information content (AvgIpc) is 3.19. The number of rotatable bonds is 6. The fraction of sp³-hybridized carbons (Fsp3) is 0.526. The number of carbonyl (C=O) groups is 3. The van der Waals surface area contributed by atoms with Crippen LogP contribution < -0.4 is 5.32 Å². The van der Waals surface area contributed by atoms with Gasteiger partial charge in [0.05, 0.1) is 23.8 Å². The molecule has 134 valence electrons. The maximum Gasteiger partial charge on any atom is 0.261 e. The van der Waals surface area contributed by atoms with Crippen LogP contribution in [0.15, 0.2) is 18.2 Å². The number of fused-ring (bicyclic) bond motifs is 1. The van der Waals surface area contributed by atoms with Gasteiger partial charge in [-0.3, -0.25) is 19.3 Å². The lowest BCUT2D eigenvalue weighted by Crippen LogP contribution is -2.36. The summed E-state index contributed by atoms with van der Waals surface area (Å²) < 4.78 is 5.53. The zero-order chi connectivity index (χ0) is 18.0. The van der Waals surface area contributed by atoms with Gasteiger partial charge in [-0.2, -0.15) is 0 Å². The van der Waals surface area contributed by atoms with E-state index in [4.69, 9.17) is 4.74 Å². The first-order chi connectivity index (χ1) is 12.0. The zero-order valence-electron chi connectivity index (χ0n) is 14.7. The number of hydrogen-bond donors (Lipinski definition) is 1. The van der Waals surface area contributed by atoms with Crippen LogP contribution in [0.1, 0.15) is 60.2 Å². The number of imide groups is 1. The maximum absolute atomic E-state index is 12.6. The maximum atomic E-state index is 12.6. The Morgan fingerprint density at radius 3 is 2.60 bits per heavy atom. The Kier molecular flexibility index (Phi) is 5.18. The van der Waals surface area contributed by atoms with Gasteiger partial charge in [0.1, 0.15) is 0 Å². The van der Waals surface area contributed by atoms with Crippen LogP contribution in [0.2, 0.25) is 0 Å². The summed E-state index contributed by atoms with van der Waals surface area (Å²) in [4.78, 5) is 38.6. The second-order valence-electron chi connectivity index (χ2n) is 6.62. The minimum Gasteiger partial charge on any atom is -0.376 e. The third kappa shape index (κ3) is 3.44. The van der Waals surface area contributed by atoms with Crippen molar-refractivity contribution in [3.05, 3.63) is 29.3 Å². The van der Waals surface area contributed by atoms with Crippen LogP contribution in [0.5, 0.6) is 0 Å². The van der Waals surface area contributed by atoms with Crippen LogP contribution in [0.25, 0.3) is 0 Å². The highest BCUT2D eigenvalue weighted by Crippen LogP contribution is 2.28. The van der Waals surface area contributed by atoms with E-state index >= 15 is 0 Å². The lowest BCUT2D eigenvalue weighted by atomic mass is 10.0. The van der Waals surface area contributed by atoms with Crippen molar-refractivity contribution in [3.63, 3.8) is 0 Å². The topological polar surface area (TPSA) is 75.7 Å². The lowest BCUT2D eigenvalue weighted by Gasteiger charge is -2.17. The summed E-state index contributed by atoms with van der Waals surface area (Å²) in [6.07, 6.45) is 3.28. The van der Waals surface area contributed by atoms with Crippen molar-refractivity contribution in [2.75, 3.05) is 18.5 Å². The van der Waals surface area contributed by atoms with E-state index in [9.17, 15) is 14.4 Å². The van der Waals surface area contributed by atoms with Gasteiger partial charge in [-0.1, -0.05) is 13.8 Å². The van der Waals surface area contributed by atoms with Crippen LogP contribution in [0, 0.1) is 5.92 Å². The molecule has 6 heteroatoms. The van der Waals surface area contributed by atoms with Gasteiger partial charge >= 0.3 is 0 Å². The number of amides is 3. The van der Waals surface area contributed by atoms with Crippen molar-refractivity contribution in [1.82, 2.24) is 4.90 Å².